The molecule has 0 heterocycles. The van der Waals surface area contributed by atoms with Gasteiger partial charge in [0.2, 0.25) is 5.91 Å². The molecule has 0 radical (unpaired) electrons. The number of carbonyl (C=O) groups excluding carboxylic acids is 1. The minimum absolute atomic E-state index is 0.0920. The zero-order valence-electron chi connectivity index (χ0n) is 9.83. The fourth-order valence-corrected chi connectivity index (χ4v) is 1.67. The predicted octanol–water partition coefficient (Wildman–Crippen LogP) is 1.78. The molecule has 0 aliphatic rings. The maximum absolute atomic E-state index is 11.4. The molecule has 1 rings (SSSR count). The minimum Gasteiger partial charge on any atom is -0.361 e. The van der Waals surface area contributed by atoms with Crippen LogP contribution in [0.3, 0.4) is 0 Å². The summed E-state index contributed by atoms with van der Waals surface area (Å²) in [5, 5.41) is 12.1. The van der Waals surface area contributed by atoms with Crippen LogP contribution in [0.1, 0.15) is 12.5 Å². The van der Waals surface area contributed by atoms with E-state index in [0.29, 0.717) is 17.1 Å². The van der Waals surface area contributed by atoms with Gasteiger partial charge in [0.25, 0.3) is 0 Å². The van der Waals surface area contributed by atoms with E-state index in [1.165, 1.54) is 0 Å². The molecule has 5 heteroatoms. The Balaban J connectivity index is 3.04. The van der Waals surface area contributed by atoms with Crippen molar-refractivity contribution in [2.45, 2.75) is 6.92 Å². The maximum Gasteiger partial charge on any atom is 0.239 e. The smallest absolute Gasteiger partial charge is 0.239 e. The molecule has 0 aromatic heterocycles. The van der Waals surface area contributed by atoms with Crippen LogP contribution in [-0.2, 0) is 4.79 Å². The van der Waals surface area contributed by atoms with Crippen LogP contribution in [0, 0.1) is 11.3 Å². The number of nitrogens with zero attached hydrogens (tertiary/aromatic N) is 2. The predicted molar refractivity (Wildman–Crippen MR) is 68.1 cm³/mol. The summed E-state index contributed by atoms with van der Waals surface area (Å²) >= 11 is 5.83. The Labute approximate surface area is 106 Å². The van der Waals surface area contributed by atoms with E-state index in [0.717, 1.165) is 5.69 Å². The first kappa shape index (κ1) is 13.3. The molecule has 17 heavy (non-hydrogen) atoms. The topological polar surface area (TPSA) is 56.1 Å². The molecule has 1 aromatic rings. The standard InChI is InChI=1S/C12H14ClN3O/c1-3-16(8-12(17)15-2)11-5-4-10(13)6-9(11)7-14/h4-6H,3,8H2,1-2H3,(H,15,17). The van der Waals surface area contributed by atoms with Gasteiger partial charge in [-0.3, -0.25) is 4.79 Å². The van der Waals surface area contributed by atoms with Crippen LogP contribution in [0.15, 0.2) is 18.2 Å². The molecular weight excluding hydrogens is 238 g/mol. The summed E-state index contributed by atoms with van der Waals surface area (Å²) < 4.78 is 0. The normalized spacial score (nSPS) is 9.53. The van der Waals surface area contributed by atoms with E-state index in [-0.39, 0.29) is 12.5 Å². The lowest BCUT2D eigenvalue weighted by atomic mass is 10.1. The molecule has 1 aromatic carbocycles. The molecular formula is C12H14ClN3O. The molecule has 0 aliphatic carbocycles. The van der Waals surface area contributed by atoms with Gasteiger partial charge in [0.15, 0.2) is 0 Å². The van der Waals surface area contributed by atoms with Gasteiger partial charge in [0.05, 0.1) is 17.8 Å². The van der Waals surface area contributed by atoms with Gasteiger partial charge in [0.1, 0.15) is 6.07 Å². The van der Waals surface area contributed by atoms with Gasteiger partial charge in [-0.2, -0.15) is 5.26 Å². The van der Waals surface area contributed by atoms with Crippen molar-refractivity contribution in [1.29, 1.82) is 5.26 Å². The number of hydrogen-bond acceptors (Lipinski definition) is 3. The minimum atomic E-state index is -0.0920. The van der Waals surface area contributed by atoms with Crippen molar-refractivity contribution in [3.8, 4) is 6.07 Å². The van der Waals surface area contributed by atoms with Crippen LogP contribution in [0.2, 0.25) is 5.02 Å². The molecule has 0 atom stereocenters. The summed E-state index contributed by atoms with van der Waals surface area (Å²) in [7, 11) is 1.59. The third-order valence-corrected chi connectivity index (χ3v) is 2.65. The van der Waals surface area contributed by atoms with Crippen molar-refractivity contribution in [3.63, 3.8) is 0 Å². The molecule has 0 saturated carbocycles. The van der Waals surface area contributed by atoms with Crippen molar-refractivity contribution in [2.75, 3.05) is 25.0 Å². The molecule has 1 N–H and O–H groups in total. The van der Waals surface area contributed by atoms with Gasteiger partial charge in [-0.25, -0.2) is 0 Å². The van der Waals surface area contributed by atoms with E-state index in [4.69, 9.17) is 16.9 Å². The quantitative estimate of drug-likeness (QED) is 0.888. The first-order chi connectivity index (χ1) is 8.12. The highest BCUT2D eigenvalue weighted by Crippen LogP contribution is 2.23. The summed E-state index contributed by atoms with van der Waals surface area (Å²) in [5.41, 5.74) is 1.20. The molecule has 0 fully saturated rings. The number of nitrogens with one attached hydrogen (secondary N) is 1. The van der Waals surface area contributed by atoms with Crippen LogP contribution in [0.25, 0.3) is 0 Å². The van der Waals surface area contributed by atoms with Gasteiger partial charge in [0, 0.05) is 18.6 Å². The Kier molecular flexibility index (Phi) is 4.80. The zero-order chi connectivity index (χ0) is 12.8. The van der Waals surface area contributed by atoms with Crippen LogP contribution < -0.4 is 10.2 Å². The molecule has 0 unspecified atom stereocenters. The van der Waals surface area contributed by atoms with Gasteiger partial charge in [-0.15, -0.1) is 0 Å². The molecule has 0 bridgehead atoms. The lowest BCUT2D eigenvalue weighted by Gasteiger charge is -2.23. The second-order valence-electron chi connectivity index (χ2n) is 3.46. The Hall–Kier alpha value is -1.73. The Bertz CT molecular complexity index is 454. The summed E-state index contributed by atoms with van der Waals surface area (Å²) in [4.78, 5) is 13.2. The highest BCUT2D eigenvalue weighted by Gasteiger charge is 2.12. The second-order valence-corrected chi connectivity index (χ2v) is 3.90. The number of benzene rings is 1. The SMILES string of the molecule is CCN(CC(=O)NC)c1ccc(Cl)cc1C#N. The van der Waals surface area contributed by atoms with Gasteiger partial charge in [-0.1, -0.05) is 11.6 Å². The van der Waals surface area contributed by atoms with Crippen molar-refractivity contribution < 1.29 is 4.79 Å². The molecule has 90 valence electrons. The van der Waals surface area contributed by atoms with Crippen LogP contribution >= 0.6 is 11.6 Å². The van der Waals surface area contributed by atoms with E-state index in [1.807, 2.05) is 11.8 Å². The lowest BCUT2D eigenvalue weighted by Crippen LogP contribution is -2.35. The molecule has 0 spiro atoms. The molecule has 4 nitrogen and oxygen atoms in total. The number of rotatable bonds is 4. The highest BCUT2D eigenvalue weighted by atomic mass is 35.5. The fourth-order valence-electron chi connectivity index (χ4n) is 1.49. The second kappa shape index (κ2) is 6.12. The summed E-state index contributed by atoms with van der Waals surface area (Å²) in [5.74, 6) is -0.0920. The van der Waals surface area contributed by atoms with Crippen LogP contribution in [0.5, 0.6) is 0 Å². The maximum atomic E-state index is 11.4. The summed E-state index contributed by atoms with van der Waals surface area (Å²) in [6, 6.07) is 7.16. The monoisotopic (exact) mass is 251 g/mol. The Morgan fingerprint density at radius 2 is 2.29 bits per heavy atom. The zero-order valence-corrected chi connectivity index (χ0v) is 10.6. The third-order valence-electron chi connectivity index (χ3n) is 2.41. The Morgan fingerprint density at radius 1 is 1.59 bits per heavy atom. The van der Waals surface area contributed by atoms with E-state index >= 15 is 0 Å². The van der Waals surface area contributed by atoms with Crippen molar-refractivity contribution in [3.05, 3.63) is 28.8 Å². The number of anilines is 1. The number of likely N-dealkylation sites (N-methyl/N-ethyl adjacent to an activating group) is 2. The number of nitriles is 1. The van der Waals surface area contributed by atoms with Gasteiger partial charge in [-0.05, 0) is 25.1 Å². The largest absolute Gasteiger partial charge is 0.361 e. The van der Waals surface area contributed by atoms with Gasteiger partial charge < -0.3 is 10.2 Å². The first-order valence-corrected chi connectivity index (χ1v) is 5.65. The average Bonchev–Trinajstić information content (AvgIpc) is 2.35. The summed E-state index contributed by atoms with van der Waals surface area (Å²) in [6.45, 7) is 2.80. The molecule has 0 aliphatic heterocycles. The van der Waals surface area contributed by atoms with Crippen molar-refractivity contribution in [2.24, 2.45) is 0 Å². The fraction of sp³-hybridized carbons (Fsp3) is 0.333. The number of amides is 1. The number of halogens is 1. The van der Waals surface area contributed by atoms with Crippen molar-refractivity contribution >= 4 is 23.2 Å². The van der Waals surface area contributed by atoms with Crippen molar-refractivity contribution in [1.82, 2.24) is 5.32 Å². The Morgan fingerprint density at radius 3 is 2.82 bits per heavy atom. The average molecular weight is 252 g/mol. The van der Waals surface area contributed by atoms with Crippen LogP contribution in [-0.4, -0.2) is 26.0 Å². The highest BCUT2D eigenvalue weighted by molar-refractivity contribution is 6.30. The van der Waals surface area contributed by atoms with E-state index in [9.17, 15) is 4.79 Å². The molecule has 0 saturated heterocycles. The number of carbonyl (C=O) groups is 1. The van der Waals surface area contributed by atoms with E-state index < -0.39 is 0 Å². The van der Waals surface area contributed by atoms with E-state index in [2.05, 4.69) is 11.4 Å². The summed E-state index contributed by atoms with van der Waals surface area (Å²) in [6.07, 6.45) is 0. The van der Waals surface area contributed by atoms with Crippen LogP contribution in [0.4, 0.5) is 5.69 Å². The number of hydrogen-bond donors (Lipinski definition) is 1. The first-order valence-electron chi connectivity index (χ1n) is 5.27. The third kappa shape index (κ3) is 3.36. The lowest BCUT2D eigenvalue weighted by molar-refractivity contribution is -0.119. The van der Waals surface area contributed by atoms with E-state index in [1.54, 1.807) is 25.2 Å². The molecule has 1 amide bonds. The van der Waals surface area contributed by atoms with Gasteiger partial charge >= 0.3 is 0 Å².